The number of nitrogens with zero attached hydrogens (tertiary/aromatic N) is 1. The summed E-state index contributed by atoms with van der Waals surface area (Å²) in [6, 6.07) is 13.3. The monoisotopic (exact) mass is 228 g/mol. The van der Waals surface area contributed by atoms with Gasteiger partial charge in [-0.15, -0.1) is 0 Å². The molecule has 17 heavy (non-hydrogen) atoms. The van der Waals surface area contributed by atoms with Crippen molar-refractivity contribution < 1.29 is 5.11 Å². The molecule has 0 aliphatic heterocycles. The van der Waals surface area contributed by atoms with E-state index >= 15 is 0 Å². The van der Waals surface area contributed by atoms with Gasteiger partial charge < -0.3 is 10.4 Å². The zero-order valence-electron chi connectivity index (χ0n) is 9.80. The lowest BCUT2D eigenvalue weighted by molar-refractivity contribution is 0.452. The minimum atomic E-state index is 0.0956. The molecule has 2 N–H and O–H groups in total. The van der Waals surface area contributed by atoms with Crippen LogP contribution in [0.4, 0.5) is 0 Å². The van der Waals surface area contributed by atoms with Gasteiger partial charge in [0, 0.05) is 24.3 Å². The van der Waals surface area contributed by atoms with E-state index in [4.69, 9.17) is 0 Å². The first-order chi connectivity index (χ1) is 8.27. The van der Waals surface area contributed by atoms with Crippen LogP contribution in [0.5, 0.6) is 5.75 Å². The Morgan fingerprint density at radius 3 is 2.65 bits per heavy atom. The number of para-hydroxylation sites is 1. The fourth-order valence-corrected chi connectivity index (χ4v) is 1.72. The largest absolute Gasteiger partial charge is 0.508 e. The highest BCUT2D eigenvalue weighted by molar-refractivity contribution is 5.34. The first kappa shape index (κ1) is 11.6. The molecule has 1 heterocycles. The smallest absolute Gasteiger partial charge is 0.120 e. The van der Waals surface area contributed by atoms with Crippen LogP contribution < -0.4 is 5.32 Å². The summed E-state index contributed by atoms with van der Waals surface area (Å²) in [6.45, 7) is 2.72. The summed E-state index contributed by atoms with van der Waals surface area (Å²) in [5.41, 5.74) is 1.90. The van der Waals surface area contributed by atoms with Crippen LogP contribution in [-0.2, 0) is 6.54 Å². The predicted octanol–water partition coefficient (Wildman–Crippen LogP) is 2.64. The fourth-order valence-electron chi connectivity index (χ4n) is 1.72. The van der Waals surface area contributed by atoms with E-state index in [-0.39, 0.29) is 6.04 Å². The Labute approximate surface area is 101 Å². The third-order valence-electron chi connectivity index (χ3n) is 2.72. The van der Waals surface area contributed by atoms with Crippen molar-refractivity contribution in [3.05, 3.63) is 59.9 Å². The number of phenols is 1. The summed E-state index contributed by atoms with van der Waals surface area (Å²) in [5.74, 6) is 0.327. The van der Waals surface area contributed by atoms with Gasteiger partial charge in [-0.25, -0.2) is 0 Å². The molecule has 1 unspecified atom stereocenters. The maximum absolute atomic E-state index is 9.72. The standard InChI is InChI=1S/C14H16N2O/c1-11(13-7-2-3-8-14(13)17)16-10-12-6-4-5-9-15-12/h2-9,11,16-17H,10H2,1H3. The predicted molar refractivity (Wildman–Crippen MR) is 67.6 cm³/mol. The second-order valence-electron chi connectivity index (χ2n) is 3.98. The van der Waals surface area contributed by atoms with Crippen molar-refractivity contribution in [1.29, 1.82) is 0 Å². The van der Waals surface area contributed by atoms with Crippen molar-refractivity contribution in [2.75, 3.05) is 0 Å². The molecule has 0 fully saturated rings. The Hall–Kier alpha value is -1.87. The van der Waals surface area contributed by atoms with E-state index in [0.29, 0.717) is 12.3 Å². The molecule has 0 aliphatic rings. The molecule has 0 saturated heterocycles. The number of phenolic OH excluding ortho intramolecular Hbond substituents is 1. The van der Waals surface area contributed by atoms with E-state index in [0.717, 1.165) is 11.3 Å². The van der Waals surface area contributed by atoms with E-state index in [1.807, 2.05) is 43.3 Å². The summed E-state index contributed by atoms with van der Waals surface area (Å²) in [7, 11) is 0. The molecule has 2 aromatic rings. The van der Waals surface area contributed by atoms with Crippen molar-refractivity contribution in [2.24, 2.45) is 0 Å². The molecule has 88 valence electrons. The van der Waals surface area contributed by atoms with Crippen LogP contribution in [-0.4, -0.2) is 10.1 Å². The minimum absolute atomic E-state index is 0.0956. The Balaban J connectivity index is 1.99. The minimum Gasteiger partial charge on any atom is -0.508 e. The molecule has 0 saturated carbocycles. The van der Waals surface area contributed by atoms with Gasteiger partial charge in [0.25, 0.3) is 0 Å². The van der Waals surface area contributed by atoms with Gasteiger partial charge in [-0.2, -0.15) is 0 Å². The quantitative estimate of drug-likeness (QED) is 0.845. The average molecular weight is 228 g/mol. The van der Waals surface area contributed by atoms with Crippen molar-refractivity contribution in [2.45, 2.75) is 19.5 Å². The van der Waals surface area contributed by atoms with Crippen molar-refractivity contribution >= 4 is 0 Å². The number of benzene rings is 1. The van der Waals surface area contributed by atoms with E-state index < -0.39 is 0 Å². The SMILES string of the molecule is CC(NCc1ccccn1)c1ccccc1O. The molecule has 0 amide bonds. The van der Waals surface area contributed by atoms with Gasteiger partial charge in [0.15, 0.2) is 0 Å². The first-order valence-electron chi connectivity index (χ1n) is 5.68. The van der Waals surface area contributed by atoms with Gasteiger partial charge in [-0.1, -0.05) is 24.3 Å². The Bertz CT molecular complexity index is 471. The molecule has 0 bridgehead atoms. The summed E-state index contributed by atoms with van der Waals surface area (Å²) in [6.07, 6.45) is 1.78. The van der Waals surface area contributed by atoms with Gasteiger partial charge in [-0.3, -0.25) is 4.98 Å². The van der Waals surface area contributed by atoms with Crippen molar-refractivity contribution in [3.63, 3.8) is 0 Å². The van der Waals surface area contributed by atoms with Gasteiger partial charge in [0.1, 0.15) is 5.75 Å². The molecule has 2 rings (SSSR count). The van der Waals surface area contributed by atoms with Gasteiger partial charge in [0.05, 0.1) is 5.69 Å². The van der Waals surface area contributed by atoms with Crippen molar-refractivity contribution in [3.8, 4) is 5.75 Å². The van der Waals surface area contributed by atoms with E-state index in [1.165, 1.54) is 0 Å². The highest BCUT2D eigenvalue weighted by Gasteiger charge is 2.08. The topological polar surface area (TPSA) is 45.2 Å². The number of aromatic nitrogens is 1. The maximum Gasteiger partial charge on any atom is 0.120 e. The molecule has 1 atom stereocenters. The number of nitrogens with one attached hydrogen (secondary N) is 1. The summed E-state index contributed by atoms with van der Waals surface area (Å²) in [4.78, 5) is 4.24. The molecule has 3 nitrogen and oxygen atoms in total. The van der Waals surface area contributed by atoms with Crippen LogP contribution in [0.2, 0.25) is 0 Å². The number of hydrogen-bond donors (Lipinski definition) is 2. The lowest BCUT2D eigenvalue weighted by Crippen LogP contribution is -2.18. The van der Waals surface area contributed by atoms with Gasteiger partial charge in [0.2, 0.25) is 0 Å². The van der Waals surface area contributed by atoms with Crippen LogP contribution >= 0.6 is 0 Å². The van der Waals surface area contributed by atoms with E-state index in [2.05, 4.69) is 10.3 Å². The molecule has 0 aliphatic carbocycles. The van der Waals surface area contributed by atoms with Crippen LogP contribution in [0.25, 0.3) is 0 Å². The zero-order chi connectivity index (χ0) is 12.1. The van der Waals surface area contributed by atoms with Gasteiger partial charge in [-0.05, 0) is 25.1 Å². The lowest BCUT2D eigenvalue weighted by Gasteiger charge is -2.15. The van der Waals surface area contributed by atoms with E-state index in [9.17, 15) is 5.11 Å². The highest BCUT2D eigenvalue weighted by Crippen LogP contribution is 2.23. The van der Waals surface area contributed by atoms with E-state index in [1.54, 1.807) is 12.3 Å². The van der Waals surface area contributed by atoms with Crippen LogP contribution in [0.1, 0.15) is 24.2 Å². The molecular weight excluding hydrogens is 212 g/mol. The number of hydrogen-bond acceptors (Lipinski definition) is 3. The maximum atomic E-state index is 9.72. The second kappa shape index (κ2) is 5.46. The van der Waals surface area contributed by atoms with Gasteiger partial charge >= 0.3 is 0 Å². The fraction of sp³-hybridized carbons (Fsp3) is 0.214. The third kappa shape index (κ3) is 3.04. The molecule has 1 aromatic heterocycles. The van der Waals surface area contributed by atoms with Crippen LogP contribution in [0.15, 0.2) is 48.7 Å². The normalized spacial score (nSPS) is 12.3. The average Bonchev–Trinajstić information content (AvgIpc) is 2.38. The summed E-state index contributed by atoms with van der Waals surface area (Å²) in [5, 5.41) is 13.1. The van der Waals surface area contributed by atoms with Crippen LogP contribution in [0, 0.1) is 0 Å². The molecule has 1 aromatic carbocycles. The first-order valence-corrected chi connectivity index (χ1v) is 5.68. The summed E-state index contributed by atoms with van der Waals surface area (Å²) < 4.78 is 0. The highest BCUT2D eigenvalue weighted by atomic mass is 16.3. The Morgan fingerprint density at radius 2 is 1.94 bits per heavy atom. The zero-order valence-corrected chi connectivity index (χ0v) is 9.80. The molecule has 0 radical (unpaired) electrons. The Morgan fingerprint density at radius 1 is 1.18 bits per heavy atom. The molecule has 0 spiro atoms. The Kier molecular flexibility index (Phi) is 3.73. The molecular formula is C14H16N2O. The van der Waals surface area contributed by atoms with Crippen LogP contribution in [0.3, 0.4) is 0 Å². The third-order valence-corrected chi connectivity index (χ3v) is 2.72. The molecule has 3 heteroatoms. The lowest BCUT2D eigenvalue weighted by atomic mass is 10.1. The second-order valence-corrected chi connectivity index (χ2v) is 3.98. The number of rotatable bonds is 4. The number of pyridine rings is 1. The number of aromatic hydroxyl groups is 1. The summed E-state index contributed by atoms with van der Waals surface area (Å²) >= 11 is 0. The van der Waals surface area contributed by atoms with Crippen molar-refractivity contribution in [1.82, 2.24) is 10.3 Å².